The molecule has 0 saturated carbocycles. The van der Waals surface area contributed by atoms with Crippen LogP contribution >= 0.6 is 7.82 Å². The van der Waals surface area contributed by atoms with Gasteiger partial charge in [0.05, 0.1) is 6.61 Å². The summed E-state index contributed by atoms with van der Waals surface area (Å²) < 4.78 is 27.1. The maximum atomic E-state index is 12.3. The first kappa shape index (κ1) is 23.6. The fourth-order valence-corrected chi connectivity index (χ4v) is 3.21. The number of aromatic amines is 1. The Balaban J connectivity index is 2.21. The number of phosphoric acid groups is 1. The molecule has 1 aromatic heterocycles. The van der Waals surface area contributed by atoms with E-state index in [1.165, 1.54) is 13.3 Å². The molecule has 0 aliphatic carbocycles. The van der Waals surface area contributed by atoms with Gasteiger partial charge in [0.25, 0.3) is 5.56 Å². The van der Waals surface area contributed by atoms with Crippen LogP contribution in [-0.4, -0.2) is 63.0 Å². The van der Waals surface area contributed by atoms with Crippen LogP contribution in [0.25, 0.3) is 0 Å². The van der Waals surface area contributed by atoms with E-state index in [4.69, 9.17) is 19.3 Å². The molecule has 1 saturated heterocycles. The lowest BCUT2D eigenvalue weighted by Gasteiger charge is -2.21. The second kappa shape index (κ2) is 9.92. The third-order valence-electron chi connectivity index (χ3n) is 4.35. The molecule has 0 aromatic carbocycles. The molecule has 4 atom stereocenters. The van der Waals surface area contributed by atoms with Gasteiger partial charge in [0.1, 0.15) is 18.3 Å². The number of nitrogens with zero attached hydrogens (tertiary/aromatic N) is 1. The SMILES string of the molecule is C=C(C)CCNCc1cn([C@@H]2O[C@H](COP(=O)(O)O)[C@@H](O)[C@H]2OC)c(=O)[nH]c1=O. The molecule has 1 aromatic rings. The number of ether oxygens (including phenoxy) is 2. The Morgan fingerprint density at radius 1 is 1.45 bits per heavy atom. The molecule has 0 amide bonds. The molecule has 13 heteroatoms. The summed E-state index contributed by atoms with van der Waals surface area (Å²) >= 11 is 0. The van der Waals surface area contributed by atoms with Gasteiger partial charge in [-0.1, -0.05) is 5.57 Å². The molecule has 1 fully saturated rings. The zero-order valence-electron chi connectivity index (χ0n) is 16.1. The third kappa shape index (κ3) is 6.43. The van der Waals surface area contributed by atoms with Crippen LogP contribution in [0.3, 0.4) is 0 Å². The summed E-state index contributed by atoms with van der Waals surface area (Å²) in [5, 5.41) is 13.4. The number of aliphatic hydroxyl groups is 1. The van der Waals surface area contributed by atoms with Gasteiger partial charge in [0.2, 0.25) is 0 Å². The number of phosphoric ester groups is 1. The summed E-state index contributed by atoms with van der Waals surface area (Å²) in [4.78, 5) is 44.2. The highest BCUT2D eigenvalue weighted by atomic mass is 31.2. The van der Waals surface area contributed by atoms with E-state index < -0.39 is 50.2 Å². The van der Waals surface area contributed by atoms with Crippen molar-refractivity contribution in [3.63, 3.8) is 0 Å². The summed E-state index contributed by atoms with van der Waals surface area (Å²) in [7, 11) is -3.49. The topological polar surface area (TPSA) is 172 Å². The molecule has 0 radical (unpaired) electrons. The zero-order chi connectivity index (χ0) is 21.8. The number of nitrogens with one attached hydrogen (secondary N) is 2. The number of H-pyrrole nitrogens is 1. The summed E-state index contributed by atoms with van der Waals surface area (Å²) in [5.74, 6) is 0. The van der Waals surface area contributed by atoms with Gasteiger partial charge in [-0.25, -0.2) is 9.36 Å². The van der Waals surface area contributed by atoms with E-state index in [0.717, 1.165) is 16.6 Å². The van der Waals surface area contributed by atoms with Crippen LogP contribution in [0.5, 0.6) is 0 Å². The van der Waals surface area contributed by atoms with Gasteiger partial charge in [-0.05, 0) is 19.9 Å². The molecule has 5 N–H and O–H groups in total. The number of hydrogen-bond acceptors (Lipinski definition) is 8. The summed E-state index contributed by atoms with van der Waals surface area (Å²) in [6.45, 7) is 5.83. The van der Waals surface area contributed by atoms with Gasteiger partial charge in [-0.15, -0.1) is 6.58 Å². The fraction of sp³-hybridized carbons (Fsp3) is 0.625. The second-order valence-corrected chi connectivity index (χ2v) is 7.99. The quantitative estimate of drug-likeness (QED) is 0.174. The van der Waals surface area contributed by atoms with Crippen LogP contribution in [0, 0.1) is 0 Å². The number of methoxy groups -OCH3 is 1. The molecular weight excluding hydrogens is 409 g/mol. The van der Waals surface area contributed by atoms with Crippen molar-refractivity contribution in [2.75, 3.05) is 20.3 Å². The maximum Gasteiger partial charge on any atom is 0.469 e. The standard InChI is InChI=1S/C16H26N3O9P/c1-9(2)4-5-17-6-10-7-19(16(22)18-14(10)21)15-13(26-3)12(20)11(28-15)8-27-29(23,24)25/h7,11-13,15,17,20H,1,4-6,8H2,2-3H3,(H,18,21,22)(H2,23,24,25)/t11-,12-,13-,15-/m1/s1. The van der Waals surface area contributed by atoms with E-state index in [1.54, 1.807) is 0 Å². The second-order valence-electron chi connectivity index (χ2n) is 6.75. The molecule has 2 rings (SSSR count). The van der Waals surface area contributed by atoms with Crippen molar-refractivity contribution in [1.82, 2.24) is 14.9 Å². The number of rotatable bonds is 10. The average Bonchev–Trinajstić information content (AvgIpc) is 2.93. The van der Waals surface area contributed by atoms with Crippen molar-refractivity contribution in [2.45, 2.75) is 44.4 Å². The van der Waals surface area contributed by atoms with Crippen molar-refractivity contribution >= 4 is 7.82 Å². The molecule has 164 valence electrons. The van der Waals surface area contributed by atoms with Crippen molar-refractivity contribution in [3.8, 4) is 0 Å². The Bertz CT molecular complexity index is 877. The predicted molar refractivity (Wildman–Crippen MR) is 101 cm³/mol. The fourth-order valence-electron chi connectivity index (χ4n) is 2.87. The van der Waals surface area contributed by atoms with E-state index in [0.29, 0.717) is 6.54 Å². The van der Waals surface area contributed by atoms with E-state index in [1.807, 2.05) is 6.92 Å². The molecule has 0 spiro atoms. The lowest BCUT2D eigenvalue weighted by Crippen LogP contribution is -2.40. The molecule has 1 aliphatic rings. The van der Waals surface area contributed by atoms with Gasteiger partial charge < -0.3 is 29.7 Å². The molecular formula is C16H26N3O9P. The minimum absolute atomic E-state index is 0.181. The van der Waals surface area contributed by atoms with E-state index in [2.05, 4.69) is 21.4 Å². The molecule has 1 aliphatic heterocycles. The van der Waals surface area contributed by atoms with Crippen molar-refractivity contribution in [2.24, 2.45) is 0 Å². The third-order valence-corrected chi connectivity index (χ3v) is 4.84. The van der Waals surface area contributed by atoms with Gasteiger partial charge in [0, 0.05) is 25.4 Å². The number of aromatic nitrogens is 2. The molecule has 0 bridgehead atoms. The first-order valence-corrected chi connectivity index (χ1v) is 10.3. The van der Waals surface area contributed by atoms with Gasteiger partial charge in [-0.2, -0.15) is 0 Å². The Hall–Kier alpha value is -1.63. The van der Waals surface area contributed by atoms with E-state index >= 15 is 0 Å². The highest BCUT2D eigenvalue weighted by Gasteiger charge is 2.46. The van der Waals surface area contributed by atoms with Crippen molar-refractivity contribution in [3.05, 3.63) is 44.8 Å². The first-order valence-electron chi connectivity index (χ1n) is 8.79. The largest absolute Gasteiger partial charge is 0.469 e. The lowest BCUT2D eigenvalue weighted by atomic mass is 10.1. The maximum absolute atomic E-state index is 12.3. The van der Waals surface area contributed by atoms with Crippen molar-refractivity contribution < 1.29 is 33.5 Å². The Labute approximate surface area is 166 Å². The molecule has 2 heterocycles. The summed E-state index contributed by atoms with van der Waals surface area (Å²) in [6, 6.07) is 0. The number of hydrogen-bond donors (Lipinski definition) is 5. The van der Waals surface area contributed by atoms with Crippen LogP contribution in [-0.2, 0) is 25.1 Å². The Kier molecular flexibility index (Phi) is 8.09. The van der Waals surface area contributed by atoms with Crippen molar-refractivity contribution in [1.29, 1.82) is 0 Å². The minimum Gasteiger partial charge on any atom is -0.387 e. The Morgan fingerprint density at radius 3 is 2.72 bits per heavy atom. The molecule has 29 heavy (non-hydrogen) atoms. The highest BCUT2D eigenvalue weighted by molar-refractivity contribution is 7.46. The minimum atomic E-state index is -4.77. The monoisotopic (exact) mass is 435 g/mol. The van der Waals surface area contributed by atoms with Crippen LogP contribution in [0.4, 0.5) is 0 Å². The summed E-state index contributed by atoms with van der Waals surface area (Å²) in [5.41, 5.74) is -0.107. The predicted octanol–water partition coefficient (Wildman–Crippen LogP) is -1.02. The van der Waals surface area contributed by atoms with Crippen LogP contribution < -0.4 is 16.6 Å². The highest BCUT2D eigenvalue weighted by Crippen LogP contribution is 2.38. The summed E-state index contributed by atoms with van der Waals surface area (Å²) in [6.07, 6.45) is -2.64. The van der Waals surface area contributed by atoms with E-state index in [-0.39, 0.29) is 12.1 Å². The van der Waals surface area contributed by atoms with Crippen LogP contribution in [0.2, 0.25) is 0 Å². The van der Waals surface area contributed by atoms with Crippen LogP contribution in [0.1, 0.15) is 25.1 Å². The smallest absolute Gasteiger partial charge is 0.387 e. The Morgan fingerprint density at radius 2 is 2.14 bits per heavy atom. The van der Waals surface area contributed by atoms with Gasteiger partial charge in [-0.3, -0.25) is 18.9 Å². The average molecular weight is 435 g/mol. The van der Waals surface area contributed by atoms with Crippen LogP contribution in [0.15, 0.2) is 27.9 Å². The van der Waals surface area contributed by atoms with E-state index in [9.17, 15) is 19.3 Å². The van der Waals surface area contributed by atoms with Gasteiger partial charge >= 0.3 is 13.5 Å². The molecule has 0 unspecified atom stereocenters. The van der Waals surface area contributed by atoms with Gasteiger partial charge in [0.15, 0.2) is 6.23 Å². The molecule has 12 nitrogen and oxygen atoms in total. The zero-order valence-corrected chi connectivity index (χ0v) is 17.0. The number of aliphatic hydroxyl groups excluding tert-OH is 1. The first-order chi connectivity index (χ1) is 13.5. The lowest BCUT2D eigenvalue weighted by molar-refractivity contribution is -0.0621. The normalized spacial score (nSPS) is 24.7.